The van der Waals surface area contributed by atoms with Crippen LogP contribution < -0.4 is 11.1 Å². The predicted octanol–water partition coefficient (Wildman–Crippen LogP) is 2.11. The minimum Gasteiger partial charge on any atom is -0.368 e. The second kappa shape index (κ2) is 7.27. The van der Waals surface area contributed by atoms with E-state index in [2.05, 4.69) is 15.3 Å². The number of carbonyl (C=O) groups is 2. The molecule has 3 aromatic rings. The Kier molecular flexibility index (Phi) is 4.90. The molecule has 0 aliphatic rings. The van der Waals surface area contributed by atoms with Crippen LogP contribution in [0.3, 0.4) is 0 Å². The van der Waals surface area contributed by atoms with Crippen LogP contribution in [0.4, 0.5) is 0 Å². The number of pyridine rings is 2. The van der Waals surface area contributed by atoms with Crippen molar-refractivity contribution in [3.05, 3.63) is 71.1 Å². The fraction of sp³-hybridized carbons (Fsp3) is 0.111. The van der Waals surface area contributed by atoms with Crippen LogP contribution >= 0.6 is 11.6 Å². The molecule has 25 heavy (non-hydrogen) atoms. The maximum Gasteiger partial charge on any atom is 0.270 e. The van der Waals surface area contributed by atoms with Crippen molar-refractivity contribution in [2.75, 3.05) is 0 Å². The molecule has 0 unspecified atom stereocenters. The van der Waals surface area contributed by atoms with E-state index in [0.29, 0.717) is 10.7 Å². The van der Waals surface area contributed by atoms with Crippen molar-refractivity contribution in [1.29, 1.82) is 0 Å². The van der Waals surface area contributed by atoms with Crippen LogP contribution in [0.1, 0.15) is 16.1 Å². The number of carbonyl (C=O) groups excluding carboxylic acids is 2. The molecule has 0 bridgehead atoms. The summed E-state index contributed by atoms with van der Waals surface area (Å²) in [7, 11) is 0. The molecule has 0 saturated carbocycles. The number of nitrogens with two attached hydrogens (primary N) is 1. The third-order valence-electron chi connectivity index (χ3n) is 3.71. The van der Waals surface area contributed by atoms with Gasteiger partial charge in [-0.2, -0.15) is 0 Å². The molecular formula is C18H15ClN4O2. The van der Waals surface area contributed by atoms with E-state index in [0.717, 1.165) is 10.9 Å². The van der Waals surface area contributed by atoms with E-state index in [1.807, 2.05) is 24.3 Å². The summed E-state index contributed by atoms with van der Waals surface area (Å²) in [5, 5.41) is 3.90. The summed E-state index contributed by atoms with van der Waals surface area (Å²) in [6.07, 6.45) is 1.76. The fourth-order valence-electron chi connectivity index (χ4n) is 2.41. The fourth-order valence-corrected chi connectivity index (χ4v) is 2.52. The zero-order valence-electron chi connectivity index (χ0n) is 13.1. The topological polar surface area (TPSA) is 98.0 Å². The number of rotatable bonds is 5. The van der Waals surface area contributed by atoms with Crippen LogP contribution in [0.5, 0.6) is 0 Å². The number of amides is 2. The smallest absolute Gasteiger partial charge is 0.270 e. The highest BCUT2D eigenvalue weighted by molar-refractivity contribution is 6.29. The van der Waals surface area contributed by atoms with Gasteiger partial charge in [-0.3, -0.25) is 9.59 Å². The second-order valence-electron chi connectivity index (χ2n) is 5.51. The van der Waals surface area contributed by atoms with Gasteiger partial charge in [0.1, 0.15) is 16.9 Å². The Bertz CT molecular complexity index is 928. The van der Waals surface area contributed by atoms with Crippen molar-refractivity contribution in [3.8, 4) is 0 Å². The number of benzene rings is 1. The number of hydrogen-bond donors (Lipinski definition) is 2. The van der Waals surface area contributed by atoms with E-state index in [9.17, 15) is 9.59 Å². The second-order valence-corrected chi connectivity index (χ2v) is 5.90. The summed E-state index contributed by atoms with van der Waals surface area (Å²) in [6.45, 7) is 0. The molecule has 0 saturated heterocycles. The third-order valence-corrected chi connectivity index (χ3v) is 3.93. The number of para-hydroxylation sites is 1. The molecule has 0 aliphatic carbocycles. The predicted molar refractivity (Wildman–Crippen MR) is 95.1 cm³/mol. The number of primary amides is 1. The molecule has 1 aromatic carbocycles. The Morgan fingerprint density at radius 2 is 1.92 bits per heavy atom. The van der Waals surface area contributed by atoms with Crippen molar-refractivity contribution in [2.45, 2.75) is 12.5 Å². The Labute approximate surface area is 149 Å². The highest BCUT2D eigenvalue weighted by Gasteiger charge is 2.20. The Balaban J connectivity index is 1.77. The van der Waals surface area contributed by atoms with E-state index in [4.69, 9.17) is 17.3 Å². The van der Waals surface area contributed by atoms with Crippen LogP contribution in [0, 0.1) is 0 Å². The summed E-state index contributed by atoms with van der Waals surface area (Å²) in [5.41, 5.74) is 7.07. The number of aromatic nitrogens is 2. The molecular weight excluding hydrogens is 340 g/mol. The first-order chi connectivity index (χ1) is 12.0. The average molecular weight is 355 g/mol. The summed E-state index contributed by atoms with van der Waals surface area (Å²) in [6, 6.07) is 13.3. The zero-order valence-corrected chi connectivity index (χ0v) is 13.9. The van der Waals surface area contributed by atoms with Crippen molar-refractivity contribution < 1.29 is 9.59 Å². The van der Waals surface area contributed by atoms with Crippen molar-refractivity contribution in [3.63, 3.8) is 0 Å². The molecule has 126 valence electrons. The van der Waals surface area contributed by atoms with Gasteiger partial charge >= 0.3 is 0 Å². The molecule has 0 fully saturated rings. The third kappa shape index (κ3) is 4.10. The van der Waals surface area contributed by atoms with E-state index < -0.39 is 17.9 Å². The Morgan fingerprint density at radius 3 is 2.64 bits per heavy atom. The molecule has 2 amide bonds. The Morgan fingerprint density at radius 1 is 1.12 bits per heavy atom. The number of hydrogen-bond acceptors (Lipinski definition) is 4. The number of fused-ring (bicyclic) bond motifs is 1. The summed E-state index contributed by atoms with van der Waals surface area (Å²) in [5.74, 6) is -1.10. The lowest BCUT2D eigenvalue weighted by atomic mass is 10.1. The molecule has 2 aromatic heterocycles. The molecule has 3 rings (SSSR count). The summed E-state index contributed by atoms with van der Waals surface area (Å²) < 4.78 is 0. The van der Waals surface area contributed by atoms with Crippen LogP contribution in [-0.2, 0) is 11.2 Å². The first-order valence-electron chi connectivity index (χ1n) is 7.59. The lowest BCUT2D eigenvalue weighted by Gasteiger charge is -2.15. The highest BCUT2D eigenvalue weighted by Crippen LogP contribution is 2.12. The standard InChI is InChI=1S/C18H15ClN4O2/c19-16-8-5-11(10-21-16)9-15(17(20)24)23-18(25)14-7-6-12-3-1-2-4-13(12)22-14/h1-8,10,15H,9H2,(H2,20,24)(H,23,25)/t15-/m1/s1. The molecule has 1 atom stereocenters. The van der Waals surface area contributed by atoms with Gasteiger partial charge < -0.3 is 11.1 Å². The van der Waals surface area contributed by atoms with E-state index in [1.54, 1.807) is 30.5 Å². The first-order valence-corrected chi connectivity index (χ1v) is 7.97. The van der Waals surface area contributed by atoms with E-state index in [1.165, 1.54) is 0 Å². The quantitative estimate of drug-likeness (QED) is 0.685. The van der Waals surface area contributed by atoms with Gasteiger partial charge in [0.2, 0.25) is 5.91 Å². The minimum absolute atomic E-state index is 0.221. The molecule has 3 N–H and O–H groups in total. The van der Waals surface area contributed by atoms with Gasteiger partial charge in [-0.1, -0.05) is 41.9 Å². The van der Waals surface area contributed by atoms with Crippen molar-refractivity contribution in [1.82, 2.24) is 15.3 Å². The van der Waals surface area contributed by atoms with Gasteiger partial charge in [-0.15, -0.1) is 0 Å². The van der Waals surface area contributed by atoms with Gasteiger partial charge in [0.25, 0.3) is 5.91 Å². The van der Waals surface area contributed by atoms with Crippen molar-refractivity contribution in [2.24, 2.45) is 5.73 Å². The lowest BCUT2D eigenvalue weighted by Crippen LogP contribution is -2.46. The molecule has 0 radical (unpaired) electrons. The van der Waals surface area contributed by atoms with Crippen LogP contribution in [0.15, 0.2) is 54.7 Å². The molecule has 6 nitrogen and oxygen atoms in total. The zero-order chi connectivity index (χ0) is 17.8. The monoisotopic (exact) mass is 354 g/mol. The first kappa shape index (κ1) is 16.9. The highest BCUT2D eigenvalue weighted by atomic mass is 35.5. The van der Waals surface area contributed by atoms with Crippen LogP contribution in [0.25, 0.3) is 10.9 Å². The van der Waals surface area contributed by atoms with Gasteiger partial charge in [-0.05, 0) is 23.8 Å². The number of halogens is 1. The Hall–Kier alpha value is -2.99. The van der Waals surface area contributed by atoms with Gasteiger partial charge in [0.15, 0.2) is 0 Å². The largest absolute Gasteiger partial charge is 0.368 e. The van der Waals surface area contributed by atoms with E-state index in [-0.39, 0.29) is 12.1 Å². The van der Waals surface area contributed by atoms with Gasteiger partial charge in [-0.25, -0.2) is 9.97 Å². The molecule has 0 aliphatic heterocycles. The average Bonchev–Trinajstić information content (AvgIpc) is 2.62. The van der Waals surface area contributed by atoms with Crippen LogP contribution in [0.2, 0.25) is 5.15 Å². The van der Waals surface area contributed by atoms with E-state index >= 15 is 0 Å². The SMILES string of the molecule is NC(=O)[C@@H](Cc1ccc(Cl)nc1)NC(=O)c1ccc2ccccc2n1. The maximum atomic E-state index is 12.4. The molecule has 7 heteroatoms. The summed E-state index contributed by atoms with van der Waals surface area (Å²) >= 11 is 5.74. The van der Waals surface area contributed by atoms with Gasteiger partial charge in [0.05, 0.1) is 5.52 Å². The normalized spacial score (nSPS) is 11.9. The van der Waals surface area contributed by atoms with Gasteiger partial charge in [0, 0.05) is 18.0 Å². The minimum atomic E-state index is -0.872. The number of nitrogens with one attached hydrogen (secondary N) is 1. The molecule has 2 heterocycles. The maximum absolute atomic E-state index is 12.4. The number of nitrogens with zero attached hydrogens (tertiary/aromatic N) is 2. The lowest BCUT2D eigenvalue weighted by molar-refractivity contribution is -0.119. The van der Waals surface area contributed by atoms with Crippen molar-refractivity contribution >= 4 is 34.3 Å². The van der Waals surface area contributed by atoms with Crippen LogP contribution in [-0.4, -0.2) is 27.8 Å². The summed E-state index contributed by atoms with van der Waals surface area (Å²) in [4.78, 5) is 32.4. The molecule has 0 spiro atoms.